The Bertz CT molecular complexity index is 1430. The van der Waals surface area contributed by atoms with Crippen molar-refractivity contribution >= 4 is 29.5 Å². The summed E-state index contributed by atoms with van der Waals surface area (Å²) in [6.45, 7) is 2.01. The predicted octanol–water partition coefficient (Wildman–Crippen LogP) is 4.00. The molecule has 0 saturated carbocycles. The van der Waals surface area contributed by atoms with Crippen LogP contribution in [0.5, 0.6) is 0 Å². The second kappa shape index (κ2) is 9.16. The number of allylic oxidation sites excluding steroid dienone is 2. The van der Waals surface area contributed by atoms with Gasteiger partial charge in [0.05, 0.1) is 18.3 Å². The van der Waals surface area contributed by atoms with Crippen LogP contribution in [0.4, 0.5) is 0 Å². The highest BCUT2D eigenvalue weighted by molar-refractivity contribution is 7.07. The van der Waals surface area contributed by atoms with Crippen LogP contribution in [0.3, 0.4) is 0 Å². The van der Waals surface area contributed by atoms with E-state index in [-0.39, 0.29) is 18.2 Å². The van der Waals surface area contributed by atoms with Gasteiger partial charge in [0.15, 0.2) is 4.80 Å². The van der Waals surface area contributed by atoms with Gasteiger partial charge in [-0.1, -0.05) is 72.0 Å². The van der Waals surface area contributed by atoms with Crippen molar-refractivity contribution < 1.29 is 9.53 Å². The molecule has 6 heteroatoms. The Morgan fingerprint density at radius 1 is 1.12 bits per heavy atom. The van der Waals surface area contributed by atoms with Gasteiger partial charge in [0.1, 0.15) is 4.53 Å². The molecule has 0 N–H and O–H groups in total. The van der Waals surface area contributed by atoms with Gasteiger partial charge in [-0.2, -0.15) is 0 Å². The summed E-state index contributed by atoms with van der Waals surface area (Å²) in [5, 5.41) is 0. The zero-order valence-corrected chi connectivity index (χ0v) is 19.2. The number of rotatable bonds is 4. The van der Waals surface area contributed by atoms with Crippen LogP contribution in [0.1, 0.15) is 43.4 Å². The zero-order valence-electron chi connectivity index (χ0n) is 18.4. The lowest BCUT2D eigenvalue weighted by atomic mass is 9.84. The first-order valence-electron chi connectivity index (χ1n) is 11.2. The molecule has 5 rings (SSSR count). The summed E-state index contributed by atoms with van der Waals surface area (Å²) in [5.41, 5.74) is 5.30. The predicted molar refractivity (Wildman–Crippen MR) is 130 cm³/mol. The van der Waals surface area contributed by atoms with Gasteiger partial charge >= 0.3 is 5.97 Å². The lowest BCUT2D eigenvalue weighted by Gasteiger charge is -2.31. The molecule has 0 amide bonds. The summed E-state index contributed by atoms with van der Waals surface area (Å²) in [6, 6.07) is 20.1. The van der Waals surface area contributed by atoms with Crippen molar-refractivity contribution in [3.05, 3.63) is 108 Å². The van der Waals surface area contributed by atoms with Crippen molar-refractivity contribution in [2.45, 2.75) is 32.2 Å². The second-order valence-electron chi connectivity index (χ2n) is 8.05. The molecule has 0 fully saturated rings. The van der Waals surface area contributed by atoms with E-state index in [1.54, 1.807) is 11.5 Å². The number of carbonyl (C=O) groups is 1. The highest BCUT2D eigenvalue weighted by Gasteiger charge is 2.32. The van der Waals surface area contributed by atoms with Crippen molar-refractivity contribution in [2.75, 3.05) is 6.61 Å². The lowest BCUT2D eigenvalue weighted by Crippen LogP contribution is -2.39. The minimum absolute atomic E-state index is 0.202. The van der Waals surface area contributed by atoms with Gasteiger partial charge in [0.2, 0.25) is 0 Å². The Kier molecular flexibility index (Phi) is 5.92. The number of carbonyl (C=O) groups excluding carboxylic acids is 1. The molecule has 1 atom stereocenters. The van der Waals surface area contributed by atoms with Gasteiger partial charge in [-0.25, -0.2) is 9.79 Å². The number of esters is 1. The Morgan fingerprint density at radius 3 is 2.58 bits per heavy atom. The molecule has 33 heavy (non-hydrogen) atoms. The van der Waals surface area contributed by atoms with E-state index in [0.717, 1.165) is 41.7 Å². The monoisotopic (exact) mass is 456 g/mol. The van der Waals surface area contributed by atoms with E-state index in [9.17, 15) is 9.59 Å². The van der Waals surface area contributed by atoms with E-state index in [0.29, 0.717) is 9.33 Å². The average molecular weight is 457 g/mol. The van der Waals surface area contributed by atoms with E-state index in [1.165, 1.54) is 23.0 Å². The van der Waals surface area contributed by atoms with Crippen LogP contribution >= 0.6 is 11.3 Å². The van der Waals surface area contributed by atoms with Crippen LogP contribution in [0, 0.1) is 0 Å². The Hall–Kier alpha value is -3.51. The summed E-state index contributed by atoms with van der Waals surface area (Å²) in [7, 11) is 0. The first kappa shape index (κ1) is 21.3. The fourth-order valence-corrected chi connectivity index (χ4v) is 5.49. The van der Waals surface area contributed by atoms with Gasteiger partial charge in [0, 0.05) is 6.08 Å². The number of benzene rings is 2. The third-order valence-corrected chi connectivity index (χ3v) is 6.91. The maximum atomic E-state index is 13.4. The van der Waals surface area contributed by atoms with Gasteiger partial charge in [0.25, 0.3) is 5.56 Å². The summed E-state index contributed by atoms with van der Waals surface area (Å²) in [4.78, 5) is 31.1. The third-order valence-electron chi connectivity index (χ3n) is 5.92. The topological polar surface area (TPSA) is 60.7 Å². The quantitative estimate of drug-likeness (QED) is 0.558. The number of thiazole rings is 1. The number of nitrogens with zero attached hydrogens (tertiary/aromatic N) is 2. The van der Waals surface area contributed by atoms with E-state index >= 15 is 0 Å². The average Bonchev–Trinajstić information content (AvgIpc) is 3.14. The maximum absolute atomic E-state index is 13.4. The largest absolute Gasteiger partial charge is 0.463 e. The van der Waals surface area contributed by atoms with Crippen molar-refractivity contribution in [2.24, 2.45) is 4.99 Å². The Labute approximate surface area is 195 Å². The van der Waals surface area contributed by atoms with Crippen LogP contribution in [-0.2, 0) is 9.53 Å². The molecule has 0 unspecified atom stereocenters. The normalized spacial score (nSPS) is 19.1. The SMILES string of the molecule is CCOC(=O)/C=c1\sc2n(c1=O)[C@H](c1ccccc1)C1=C(N=2)/C(=C/c2ccccc2)CCC1. The molecular formula is C27H24N2O3S. The molecule has 0 saturated heterocycles. The highest BCUT2D eigenvalue weighted by atomic mass is 32.1. The molecule has 166 valence electrons. The molecule has 3 aromatic rings. The molecule has 0 bridgehead atoms. The van der Waals surface area contributed by atoms with Crippen LogP contribution in [0.2, 0.25) is 0 Å². The fourth-order valence-electron chi connectivity index (χ4n) is 4.53. The first-order valence-corrected chi connectivity index (χ1v) is 12.0. The zero-order chi connectivity index (χ0) is 22.8. The van der Waals surface area contributed by atoms with Crippen LogP contribution in [-0.4, -0.2) is 17.1 Å². The van der Waals surface area contributed by atoms with Crippen molar-refractivity contribution in [3.63, 3.8) is 0 Å². The van der Waals surface area contributed by atoms with Gasteiger partial charge in [-0.15, -0.1) is 0 Å². The Balaban J connectivity index is 1.74. The third kappa shape index (κ3) is 4.14. The van der Waals surface area contributed by atoms with E-state index < -0.39 is 5.97 Å². The smallest absolute Gasteiger partial charge is 0.332 e. The van der Waals surface area contributed by atoms with E-state index in [1.807, 2.05) is 36.4 Å². The number of ether oxygens (including phenoxy) is 1. The maximum Gasteiger partial charge on any atom is 0.332 e. The molecule has 2 aliphatic rings. The fraction of sp³-hybridized carbons (Fsp3) is 0.222. The lowest BCUT2D eigenvalue weighted by molar-refractivity contribution is -0.135. The summed E-state index contributed by atoms with van der Waals surface area (Å²) < 4.78 is 7.13. The summed E-state index contributed by atoms with van der Waals surface area (Å²) in [5.74, 6) is -0.507. The van der Waals surface area contributed by atoms with Crippen LogP contribution < -0.4 is 14.9 Å². The highest BCUT2D eigenvalue weighted by Crippen LogP contribution is 2.40. The number of fused-ring (bicyclic) bond motifs is 1. The summed E-state index contributed by atoms with van der Waals surface area (Å²) in [6.07, 6.45) is 6.32. The van der Waals surface area contributed by atoms with Crippen molar-refractivity contribution in [1.82, 2.24) is 4.57 Å². The summed E-state index contributed by atoms with van der Waals surface area (Å²) >= 11 is 1.24. The van der Waals surface area contributed by atoms with Crippen LogP contribution in [0.15, 0.2) is 87.3 Å². The molecule has 0 radical (unpaired) electrons. The Morgan fingerprint density at radius 2 is 1.85 bits per heavy atom. The van der Waals surface area contributed by atoms with Crippen molar-refractivity contribution in [1.29, 1.82) is 0 Å². The van der Waals surface area contributed by atoms with Crippen LogP contribution in [0.25, 0.3) is 12.2 Å². The molecule has 2 aromatic carbocycles. The number of hydrogen-bond acceptors (Lipinski definition) is 5. The van der Waals surface area contributed by atoms with E-state index in [2.05, 4.69) is 30.3 Å². The molecule has 1 aliphatic heterocycles. The van der Waals surface area contributed by atoms with Gasteiger partial charge in [-0.05, 0) is 54.5 Å². The van der Waals surface area contributed by atoms with Gasteiger partial charge < -0.3 is 4.74 Å². The molecule has 2 heterocycles. The first-order chi connectivity index (χ1) is 16.2. The number of hydrogen-bond donors (Lipinski definition) is 0. The van der Waals surface area contributed by atoms with E-state index in [4.69, 9.17) is 9.73 Å². The molecule has 0 spiro atoms. The minimum Gasteiger partial charge on any atom is -0.463 e. The second-order valence-corrected chi connectivity index (χ2v) is 9.06. The number of aromatic nitrogens is 1. The molecule has 1 aliphatic carbocycles. The van der Waals surface area contributed by atoms with Gasteiger partial charge in [-0.3, -0.25) is 9.36 Å². The molecular weight excluding hydrogens is 432 g/mol. The molecule has 1 aromatic heterocycles. The standard InChI is InChI=1S/C27H24N2O3S/c1-2-32-23(30)17-22-26(31)29-25(19-12-7-4-8-13-19)21-15-9-14-20(24(21)28-27(29)33-22)16-18-10-5-3-6-11-18/h3-8,10-13,16-17,25H,2,9,14-15H2,1H3/b20-16+,22-17-/t25-/m1/s1. The molecule has 5 nitrogen and oxygen atoms in total. The minimum atomic E-state index is -0.507. The van der Waals surface area contributed by atoms with Crippen molar-refractivity contribution in [3.8, 4) is 0 Å².